The predicted octanol–water partition coefficient (Wildman–Crippen LogP) is 3.84. The van der Waals surface area contributed by atoms with E-state index in [4.69, 9.17) is 4.74 Å². The minimum absolute atomic E-state index is 0.160. The van der Waals surface area contributed by atoms with Gasteiger partial charge in [0.25, 0.3) is 5.91 Å². The molecule has 1 aliphatic carbocycles. The second-order valence-electron chi connectivity index (χ2n) is 5.54. The van der Waals surface area contributed by atoms with Gasteiger partial charge in [0, 0.05) is 5.38 Å². The maximum Gasteiger partial charge on any atom is 0.254 e. The van der Waals surface area contributed by atoms with Gasteiger partial charge in [0.15, 0.2) is 5.13 Å². The number of halogens is 2. The third-order valence-corrected chi connectivity index (χ3v) is 4.36. The molecule has 1 aliphatic rings. The van der Waals surface area contributed by atoms with Crippen molar-refractivity contribution in [2.75, 3.05) is 11.9 Å². The number of benzene rings is 1. The highest BCUT2D eigenvalue weighted by Gasteiger charge is 2.24. The van der Waals surface area contributed by atoms with Crippen molar-refractivity contribution in [2.45, 2.75) is 25.9 Å². The molecule has 0 aliphatic heterocycles. The Morgan fingerprint density at radius 1 is 1.43 bits per heavy atom. The molecular formula is C16H16F2N2O2S. The number of rotatable bonds is 6. The summed E-state index contributed by atoms with van der Waals surface area (Å²) in [7, 11) is 0. The lowest BCUT2D eigenvalue weighted by atomic mass is 10.1. The lowest BCUT2D eigenvalue weighted by molar-refractivity contribution is -0.126. The fraction of sp³-hybridized carbons (Fsp3) is 0.375. The summed E-state index contributed by atoms with van der Waals surface area (Å²) in [6.45, 7) is 2.25. The Morgan fingerprint density at radius 2 is 2.13 bits per heavy atom. The first-order chi connectivity index (χ1) is 11.0. The Morgan fingerprint density at radius 3 is 2.78 bits per heavy atom. The highest BCUT2D eigenvalue weighted by atomic mass is 32.1. The zero-order valence-electron chi connectivity index (χ0n) is 12.5. The molecule has 1 amide bonds. The Labute approximate surface area is 136 Å². The van der Waals surface area contributed by atoms with Crippen molar-refractivity contribution in [3.63, 3.8) is 0 Å². The molecule has 4 nitrogen and oxygen atoms in total. The third kappa shape index (κ3) is 3.92. The molecule has 7 heteroatoms. The number of thiazole rings is 1. The number of hydrogen-bond donors (Lipinski definition) is 1. The number of aromatic nitrogens is 1. The molecule has 1 aromatic carbocycles. The maximum atomic E-state index is 13.7. The average molecular weight is 338 g/mol. The van der Waals surface area contributed by atoms with E-state index in [1.165, 1.54) is 23.6 Å². The molecule has 0 radical (unpaired) electrons. The van der Waals surface area contributed by atoms with Gasteiger partial charge in [-0.2, -0.15) is 0 Å². The van der Waals surface area contributed by atoms with E-state index >= 15 is 0 Å². The van der Waals surface area contributed by atoms with Crippen LogP contribution in [0.25, 0.3) is 11.3 Å². The zero-order chi connectivity index (χ0) is 16.4. The molecule has 122 valence electrons. The number of hydrogen-bond acceptors (Lipinski definition) is 4. The van der Waals surface area contributed by atoms with Crippen LogP contribution in [-0.2, 0) is 9.53 Å². The fourth-order valence-electron chi connectivity index (χ4n) is 2.04. The molecule has 23 heavy (non-hydrogen) atoms. The molecule has 1 heterocycles. The van der Waals surface area contributed by atoms with Crippen LogP contribution in [0.15, 0.2) is 23.6 Å². The second kappa shape index (κ2) is 6.72. The fourth-order valence-corrected chi connectivity index (χ4v) is 2.74. The van der Waals surface area contributed by atoms with E-state index in [0.717, 1.165) is 24.2 Å². The van der Waals surface area contributed by atoms with Crippen LogP contribution in [0.2, 0.25) is 0 Å². The first-order valence-corrected chi connectivity index (χ1v) is 8.25. The number of nitrogens with one attached hydrogen (secondary N) is 1. The summed E-state index contributed by atoms with van der Waals surface area (Å²) in [5.41, 5.74) is -0.0327. The third-order valence-electron chi connectivity index (χ3n) is 3.60. The van der Waals surface area contributed by atoms with Crippen molar-refractivity contribution >= 4 is 22.4 Å². The standard InChI is InChI=1S/C16H16F2N2O2S/c1-9(22-7-10-5-6-10)15(21)20-16-19-13(8-23-16)14-11(17)3-2-4-12(14)18/h2-4,8-10H,5-7H2,1H3,(H,19,20,21). The summed E-state index contributed by atoms with van der Waals surface area (Å²) >= 11 is 1.11. The number of nitrogens with zero attached hydrogens (tertiary/aromatic N) is 1. The van der Waals surface area contributed by atoms with E-state index in [9.17, 15) is 13.6 Å². The summed E-state index contributed by atoms with van der Waals surface area (Å²) in [6, 6.07) is 3.63. The SMILES string of the molecule is CC(OCC1CC1)C(=O)Nc1nc(-c2c(F)cccc2F)cs1. The second-order valence-corrected chi connectivity index (χ2v) is 6.40. The molecule has 1 atom stereocenters. The molecule has 1 fully saturated rings. The topological polar surface area (TPSA) is 51.2 Å². The van der Waals surface area contributed by atoms with Gasteiger partial charge in [-0.3, -0.25) is 10.1 Å². The van der Waals surface area contributed by atoms with E-state index in [1.54, 1.807) is 6.92 Å². The van der Waals surface area contributed by atoms with Gasteiger partial charge in [0.2, 0.25) is 0 Å². The van der Waals surface area contributed by atoms with Gasteiger partial charge in [-0.1, -0.05) is 6.07 Å². The van der Waals surface area contributed by atoms with Crippen LogP contribution in [0.3, 0.4) is 0 Å². The van der Waals surface area contributed by atoms with Crippen LogP contribution < -0.4 is 5.32 Å². The van der Waals surface area contributed by atoms with Crippen LogP contribution in [0.5, 0.6) is 0 Å². The molecule has 0 spiro atoms. The monoisotopic (exact) mass is 338 g/mol. The lowest BCUT2D eigenvalue weighted by Gasteiger charge is -2.11. The summed E-state index contributed by atoms with van der Waals surface area (Å²) in [5.74, 6) is -1.12. The van der Waals surface area contributed by atoms with Gasteiger partial charge < -0.3 is 4.74 Å². The normalized spacial score (nSPS) is 15.4. The Hall–Kier alpha value is -1.86. The van der Waals surface area contributed by atoms with E-state index < -0.39 is 17.7 Å². The van der Waals surface area contributed by atoms with E-state index in [1.807, 2.05) is 0 Å². The zero-order valence-corrected chi connectivity index (χ0v) is 13.3. The minimum Gasteiger partial charge on any atom is -0.368 e. The van der Waals surface area contributed by atoms with Crippen molar-refractivity contribution < 1.29 is 18.3 Å². The Balaban J connectivity index is 1.65. The molecule has 3 rings (SSSR count). The van der Waals surface area contributed by atoms with Gasteiger partial charge >= 0.3 is 0 Å². The van der Waals surface area contributed by atoms with Gasteiger partial charge in [-0.05, 0) is 37.8 Å². The van der Waals surface area contributed by atoms with Crippen molar-refractivity contribution in [3.05, 3.63) is 35.2 Å². The molecule has 0 saturated heterocycles. The maximum absolute atomic E-state index is 13.7. The molecule has 1 unspecified atom stereocenters. The molecule has 1 saturated carbocycles. The molecule has 0 bridgehead atoms. The summed E-state index contributed by atoms with van der Waals surface area (Å²) in [4.78, 5) is 16.1. The summed E-state index contributed by atoms with van der Waals surface area (Å²) in [5, 5.41) is 4.41. The lowest BCUT2D eigenvalue weighted by Crippen LogP contribution is -2.28. The van der Waals surface area contributed by atoms with Crippen molar-refractivity contribution in [3.8, 4) is 11.3 Å². The highest BCUT2D eigenvalue weighted by Crippen LogP contribution is 2.30. The van der Waals surface area contributed by atoms with Crippen molar-refractivity contribution in [1.29, 1.82) is 0 Å². The van der Waals surface area contributed by atoms with Crippen LogP contribution in [0, 0.1) is 17.6 Å². The van der Waals surface area contributed by atoms with Crippen LogP contribution >= 0.6 is 11.3 Å². The van der Waals surface area contributed by atoms with Crippen LogP contribution in [0.1, 0.15) is 19.8 Å². The van der Waals surface area contributed by atoms with Gasteiger partial charge in [-0.25, -0.2) is 13.8 Å². The molecule has 1 aromatic heterocycles. The average Bonchev–Trinajstić information content (AvgIpc) is 3.24. The molecular weight excluding hydrogens is 322 g/mol. The number of amides is 1. The quantitative estimate of drug-likeness (QED) is 0.870. The number of anilines is 1. The number of ether oxygens (including phenoxy) is 1. The Bertz CT molecular complexity index is 696. The molecule has 2 aromatic rings. The minimum atomic E-state index is -0.686. The Kier molecular flexibility index (Phi) is 4.68. The number of carbonyl (C=O) groups excluding carboxylic acids is 1. The first-order valence-electron chi connectivity index (χ1n) is 7.37. The summed E-state index contributed by atoms with van der Waals surface area (Å²) < 4.78 is 32.9. The van der Waals surface area contributed by atoms with Crippen LogP contribution in [-0.4, -0.2) is 23.6 Å². The van der Waals surface area contributed by atoms with Gasteiger partial charge in [0.1, 0.15) is 17.7 Å². The van der Waals surface area contributed by atoms with E-state index in [0.29, 0.717) is 12.5 Å². The summed E-state index contributed by atoms with van der Waals surface area (Å²) in [6.07, 6.45) is 1.71. The predicted molar refractivity (Wildman–Crippen MR) is 84.2 cm³/mol. The molecule has 1 N–H and O–H groups in total. The van der Waals surface area contributed by atoms with Crippen molar-refractivity contribution in [2.24, 2.45) is 5.92 Å². The van der Waals surface area contributed by atoms with Gasteiger partial charge in [0.05, 0.1) is 17.9 Å². The smallest absolute Gasteiger partial charge is 0.254 e. The van der Waals surface area contributed by atoms with E-state index in [-0.39, 0.29) is 22.3 Å². The van der Waals surface area contributed by atoms with Gasteiger partial charge in [-0.15, -0.1) is 11.3 Å². The first kappa shape index (κ1) is 16.0. The van der Waals surface area contributed by atoms with E-state index in [2.05, 4.69) is 10.3 Å². The van der Waals surface area contributed by atoms with Crippen molar-refractivity contribution in [1.82, 2.24) is 4.98 Å². The highest BCUT2D eigenvalue weighted by molar-refractivity contribution is 7.14. The van der Waals surface area contributed by atoms with Crippen LogP contribution in [0.4, 0.5) is 13.9 Å². The largest absolute Gasteiger partial charge is 0.368 e. The number of carbonyl (C=O) groups is 1.